The zero-order chi connectivity index (χ0) is 16.0. The fourth-order valence-corrected chi connectivity index (χ4v) is 2.16. The van der Waals surface area contributed by atoms with E-state index < -0.39 is 12.0 Å². The highest BCUT2D eigenvalue weighted by atomic mass is 16.5. The van der Waals surface area contributed by atoms with Gasteiger partial charge < -0.3 is 9.84 Å². The van der Waals surface area contributed by atoms with Crippen molar-refractivity contribution in [3.8, 4) is 5.75 Å². The van der Waals surface area contributed by atoms with Crippen molar-refractivity contribution in [1.82, 2.24) is 5.32 Å². The number of benzene rings is 1. The lowest BCUT2D eigenvalue weighted by Gasteiger charge is -2.24. The number of ether oxygens (including phenoxy) is 1. The maximum absolute atomic E-state index is 11.4. The number of rotatable bonds is 7. The van der Waals surface area contributed by atoms with Crippen molar-refractivity contribution in [2.45, 2.75) is 52.6 Å². The first-order chi connectivity index (χ1) is 9.73. The van der Waals surface area contributed by atoms with Crippen LogP contribution in [0.2, 0.25) is 0 Å². The molecule has 0 bridgehead atoms. The number of hydrogen-bond acceptors (Lipinski definition) is 3. The van der Waals surface area contributed by atoms with Crippen LogP contribution in [0.15, 0.2) is 24.3 Å². The van der Waals surface area contributed by atoms with Crippen molar-refractivity contribution < 1.29 is 14.6 Å². The standard InChI is InChI=1S/C17H27NO3/c1-12(13-7-6-8-14(11-13)21-5)18-15(16(19)20)9-10-17(2,3)4/h6-8,11-12,15,18H,9-10H2,1-5H3,(H,19,20)/t12-,15+/m1/s1. The second kappa shape index (κ2) is 7.46. The molecule has 0 fully saturated rings. The molecule has 21 heavy (non-hydrogen) atoms. The molecule has 0 saturated heterocycles. The van der Waals surface area contributed by atoms with Crippen LogP contribution in [0.5, 0.6) is 5.75 Å². The van der Waals surface area contributed by atoms with Crippen LogP contribution in [-0.4, -0.2) is 24.2 Å². The third kappa shape index (κ3) is 6.17. The summed E-state index contributed by atoms with van der Waals surface area (Å²) in [5.74, 6) is -0.0169. The average molecular weight is 293 g/mol. The normalized spacial score (nSPS) is 14.5. The van der Waals surface area contributed by atoms with E-state index in [9.17, 15) is 9.90 Å². The zero-order valence-corrected chi connectivity index (χ0v) is 13.6. The highest BCUT2D eigenvalue weighted by Gasteiger charge is 2.23. The largest absolute Gasteiger partial charge is 0.497 e. The van der Waals surface area contributed by atoms with Gasteiger partial charge in [0.05, 0.1) is 7.11 Å². The number of carboxylic acids is 1. The summed E-state index contributed by atoms with van der Waals surface area (Å²) in [5.41, 5.74) is 1.16. The van der Waals surface area contributed by atoms with E-state index in [1.165, 1.54) is 0 Å². The molecule has 0 aliphatic rings. The molecule has 4 nitrogen and oxygen atoms in total. The molecule has 1 rings (SSSR count). The molecular formula is C17H27NO3. The molecule has 0 saturated carbocycles. The summed E-state index contributed by atoms with van der Waals surface area (Å²) in [5, 5.41) is 12.6. The fraction of sp³-hybridized carbons (Fsp3) is 0.588. The molecule has 2 atom stereocenters. The second-order valence-corrected chi connectivity index (χ2v) is 6.66. The Bertz CT molecular complexity index is 465. The van der Waals surface area contributed by atoms with Gasteiger partial charge >= 0.3 is 5.97 Å². The van der Waals surface area contributed by atoms with E-state index in [1.807, 2.05) is 31.2 Å². The lowest BCUT2D eigenvalue weighted by Crippen LogP contribution is -2.39. The summed E-state index contributed by atoms with van der Waals surface area (Å²) in [6.45, 7) is 8.34. The number of carboxylic acid groups (broad SMARTS) is 1. The van der Waals surface area contributed by atoms with Gasteiger partial charge in [0.1, 0.15) is 11.8 Å². The molecule has 0 radical (unpaired) electrons. The van der Waals surface area contributed by atoms with Gasteiger partial charge in [0, 0.05) is 6.04 Å². The van der Waals surface area contributed by atoms with Crippen LogP contribution < -0.4 is 10.1 Å². The molecule has 0 heterocycles. The molecule has 1 aromatic carbocycles. The Morgan fingerprint density at radius 1 is 1.38 bits per heavy atom. The van der Waals surface area contributed by atoms with Crippen LogP contribution in [0.3, 0.4) is 0 Å². The Hall–Kier alpha value is -1.55. The predicted octanol–water partition coefficient (Wildman–Crippen LogP) is 3.63. The molecule has 0 spiro atoms. The molecule has 0 aliphatic heterocycles. The smallest absolute Gasteiger partial charge is 0.320 e. The van der Waals surface area contributed by atoms with E-state index in [4.69, 9.17) is 4.74 Å². The van der Waals surface area contributed by atoms with Gasteiger partial charge in [-0.25, -0.2) is 0 Å². The Kier molecular flexibility index (Phi) is 6.21. The first-order valence-corrected chi connectivity index (χ1v) is 7.36. The number of nitrogens with one attached hydrogen (secondary N) is 1. The van der Waals surface area contributed by atoms with Crippen LogP contribution in [0.1, 0.15) is 52.1 Å². The summed E-state index contributed by atoms with van der Waals surface area (Å²) < 4.78 is 5.21. The SMILES string of the molecule is COc1cccc([C@@H](C)N[C@@H](CCC(C)(C)C)C(=O)O)c1. The Balaban J connectivity index is 2.71. The molecule has 0 aromatic heterocycles. The van der Waals surface area contributed by atoms with Gasteiger partial charge in [-0.2, -0.15) is 0 Å². The lowest BCUT2D eigenvalue weighted by atomic mass is 9.88. The summed E-state index contributed by atoms with van der Waals surface area (Å²) in [6, 6.07) is 7.12. The summed E-state index contributed by atoms with van der Waals surface area (Å²) in [7, 11) is 1.63. The van der Waals surface area contributed by atoms with E-state index in [1.54, 1.807) is 7.11 Å². The molecule has 4 heteroatoms. The molecule has 2 N–H and O–H groups in total. The molecule has 0 amide bonds. The summed E-state index contributed by atoms with van der Waals surface area (Å²) in [6.07, 6.45) is 1.48. The van der Waals surface area contributed by atoms with Crippen molar-refractivity contribution in [1.29, 1.82) is 0 Å². The van der Waals surface area contributed by atoms with Crippen LogP contribution in [0.25, 0.3) is 0 Å². The molecular weight excluding hydrogens is 266 g/mol. The van der Waals surface area contributed by atoms with Crippen LogP contribution >= 0.6 is 0 Å². The van der Waals surface area contributed by atoms with E-state index in [0.29, 0.717) is 6.42 Å². The van der Waals surface area contributed by atoms with Crippen molar-refractivity contribution in [3.63, 3.8) is 0 Å². The van der Waals surface area contributed by atoms with Crippen LogP contribution in [-0.2, 0) is 4.79 Å². The Morgan fingerprint density at radius 2 is 2.05 bits per heavy atom. The highest BCUT2D eigenvalue weighted by molar-refractivity contribution is 5.73. The predicted molar refractivity (Wildman–Crippen MR) is 84.7 cm³/mol. The van der Waals surface area contributed by atoms with Gasteiger partial charge in [-0.1, -0.05) is 32.9 Å². The minimum Gasteiger partial charge on any atom is -0.497 e. The maximum Gasteiger partial charge on any atom is 0.320 e. The van der Waals surface area contributed by atoms with Crippen molar-refractivity contribution >= 4 is 5.97 Å². The third-order valence-corrected chi connectivity index (χ3v) is 3.53. The first-order valence-electron chi connectivity index (χ1n) is 7.36. The molecule has 1 aromatic rings. The zero-order valence-electron chi connectivity index (χ0n) is 13.6. The van der Waals surface area contributed by atoms with Gasteiger partial charge in [0.15, 0.2) is 0 Å². The van der Waals surface area contributed by atoms with E-state index >= 15 is 0 Å². The van der Waals surface area contributed by atoms with E-state index in [-0.39, 0.29) is 11.5 Å². The van der Waals surface area contributed by atoms with Gasteiger partial charge in [-0.3, -0.25) is 10.1 Å². The first kappa shape index (κ1) is 17.5. The minimum absolute atomic E-state index is 0.0406. The van der Waals surface area contributed by atoms with Crippen LogP contribution in [0, 0.1) is 5.41 Å². The van der Waals surface area contributed by atoms with Crippen molar-refractivity contribution in [2.24, 2.45) is 5.41 Å². The molecule has 0 unspecified atom stereocenters. The van der Waals surface area contributed by atoms with Crippen molar-refractivity contribution in [2.75, 3.05) is 7.11 Å². The van der Waals surface area contributed by atoms with E-state index in [0.717, 1.165) is 17.7 Å². The van der Waals surface area contributed by atoms with Gasteiger partial charge in [0.25, 0.3) is 0 Å². The van der Waals surface area contributed by atoms with Gasteiger partial charge in [0.2, 0.25) is 0 Å². The summed E-state index contributed by atoms with van der Waals surface area (Å²) >= 11 is 0. The Morgan fingerprint density at radius 3 is 2.57 bits per heavy atom. The highest BCUT2D eigenvalue weighted by Crippen LogP contribution is 2.24. The molecule has 118 valence electrons. The van der Waals surface area contributed by atoms with Crippen molar-refractivity contribution in [3.05, 3.63) is 29.8 Å². The topological polar surface area (TPSA) is 58.6 Å². The monoisotopic (exact) mass is 293 g/mol. The minimum atomic E-state index is -0.797. The number of carbonyl (C=O) groups is 1. The number of hydrogen-bond donors (Lipinski definition) is 2. The van der Waals surface area contributed by atoms with E-state index in [2.05, 4.69) is 26.1 Å². The fourth-order valence-electron chi connectivity index (χ4n) is 2.16. The third-order valence-electron chi connectivity index (χ3n) is 3.53. The lowest BCUT2D eigenvalue weighted by molar-refractivity contribution is -0.140. The van der Waals surface area contributed by atoms with Gasteiger partial charge in [-0.05, 0) is 42.9 Å². The molecule has 0 aliphatic carbocycles. The van der Waals surface area contributed by atoms with Gasteiger partial charge in [-0.15, -0.1) is 0 Å². The summed E-state index contributed by atoms with van der Waals surface area (Å²) in [4.78, 5) is 11.4. The number of aliphatic carboxylic acids is 1. The van der Waals surface area contributed by atoms with Crippen LogP contribution in [0.4, 0.5) is 0 Å². The number of methoxy groups -OCH3 is 1. The quantitative estimate of drug-likeness (QED) is 0.806. The Labute approximate surface area is 127 Å². The average Bonchev–Trinajstić information content (AvgIpc) is 2.41. The second-order valence-electron chi connectivity index (χ2n) is 6.66. The maximum atomic E-state index is 11.4.